The molecule has 6 nitrogen and oxygen atoms in total. The number of carbonyl (C=O) groups is 1. The number of rotatable bonds is 5. The summed E-state index contributed by atoms with van der Waals surface area (Å²) in [6.07, 6.45) is -3.46. The maximum Gasteiger partial charge on any atom is 0.453 e. The summed E-state index contributed by atoms with van der Waals surface area (Å²) in [5.41, 5.74) is 1.48. The van der Waals surface area contributed by atoms with Crippen LogP contribution >= 0.6 is 0 Å². The monoisotopic (exact) mass is 343 g/mol. The van der Waals surface area contributed by atoms with Crippen LogP contribution in [0.3, 0.4) is 0 Å². The minimum absolute atomic E-state index is 0.174. The highest BCUT2D eigenvalue weighted by Gasteiger charge is 2.38. The minimum atomic E-state index is -4.68. The molecule has 2 rings (SSSR count). The number of nitrogens with zero attached hydrogens (tertiary/aromatic N) is 4. The summed E-state index contributed by atoms with van der Waals surface area (Å²) in [5.74, 6) is -1.78. The van der Waals surface area contributed by atoms with E-state index in [1.54, 1.807) is 0 Å². The van der Waals surface area contributed by atoms with Crippen molar-refractivity contribution >= 4 is 12.1 Å². The van der Waals surface area contributed by atoms with Crippen LogP contribution in [0.5, 0.6) is 0 Å². The molecule has 10 heteroatoms. The van der Waals surface area contributed by atoms with Gasteiger partial charge in [0.1, 0.15) is 17.7 Å². The lowest BCUT2D eigenvalue weighted by Gasteiger charge is -2.26. The summed E-state index contributed by atoms with van der Waals surface area (Å²) >= 11 is 0. The Hall–Kier alpha value is -2.78. The first-order valence-corrected chi connectivity index (χ1v) is 6.69. The lowest BCUT2D eigenvalue weighted by atomic mass is 9.92. The second-order valence-corrected chi connectivity index (χ2v) is 5.28. The summed E-state index contributed by atoms with van der Waals surface area (Å²) < 4.78 is 52.1. The van der Waals surface area contributed by atoms with Crippen molar-refractivity contribution in [3.05, 3.63) is 47.8 Å². The SMILES string of the molecule is CC(C)(C(=NNC=O)c1ccc(F)cc1)n1cnc(C(F)(F)F)n1. The molecule has 1 heterocycles. The molecule has 0 aliphatic heterocycles. The Morgan fingerprint density at radius 3 is 2.38 bits per heavy atom. The van der Waals surface area contributed by atoms with E-state index < -0.39 is 23.4 Å². The van der Waals surface area contributed by atoms with Gasteiger partial charge in [-0.05, 0) is 26.0 Å². The number of aromatic nitrogens is 3. The Bertz CT molecular complexity index is 749. The fourth-order valence-corrected chi connectivity index (χ4v) is 2.02. The number of amides is 1. The zero-order valence-corrected chi connectivity index (χ0v) is 12.7. The van der Waals surface area contributed by atoms with Crippen LogP contribution in [-0.2, 0) is 16.5 Å². The van der Waals surface area contributed by atoms with Gasteiger partial charge >= 0.3 is 6.18 Å². The lowest BCUT2D eigenvalue weighted by molar-refractivity contribution is -0.145. The highest BCUT2D eigenvalue weighted by atomic mass is 19.4. The Kier molecular flexibility index (Phi) is 4.67. The number of hydrogen-bond acceptors (Lipinski definition) is 4. The second kappa shape index (κ2) is 6.38. The summed E-state index contributed by atoms with van der Waals surface area (Å²) in [7, 11) is 0. The maximum absolute atomic E-state index is 13.1. The van der Waals surface area contributed by atoms with Gasteiger partial charge in [-0.1, -0.05) is 12.1 Å². The van der Waals surface area contributed by atoms with Gasteiger partial charge in [-0.15, -0.1) is 5.10 Å². The number of halogens is 4. The smallest absolute Gasteiger partial charge is 0.277 e. The Morgan fingerprint density at radius 2 is 1.88 bits per heavy atom. The van der Waals surface area contributed by atoms with Gasteiger partial charge in [-0.25, -0.2) is 19.5 Å². The molecule has 0 aliphatic rings. The van der Waals surface area contributed by atoms with Crippen LogP contribution in [0.2, 0.25) is 0 Å². The van der Waals surface area contributed by atoms with E-state index in [2.05, 4.69) is 20.6 Å². The number of carbonyl (C=O) groups excluding carboxylic acids is 1. The number of alkyl halides is 3. The Labute approximate surface area is 134 Å². The lowest BCUT2D eigenvalue weighted by Crippen LogP contribution is -2.38. The van der Waals surface area contributed by atoms with Crippen molar-refractivity contribution in [2.24, 2.45) is 5.10 Å². The number of nitrogens with one attached hydrogen (secondary N) is 1. The van der Waals surface area contributed by atoms with Crippen molar-refractivity contribution in [1.82, 2.24) is 20.2 Å². The van der Waals surface area contributed by atoms with Crippen molar-refractivity contribution in [2.45, 2.75) is 25.6 Å². The summed E-state index contributed by atoms with van der Waals surface area (Å²) in [5, 5.41) is 7.30. The summed E-state index contributed by atoms with van der Waals surface area (Å²) in [6, 6.07) is 5.13. The summed E-state index contributed by atoms with van der Waals surface area (Å²) in [4.78, 5) is 13.8. The molecule has 0 saturated heterocycles. The van der Waals surface area contributed by atoms with Gasteiger partial charge in [0.05, 0.1) is 5.71 Å². The molecule has 0 saturated carbocycles. The van der Waals surface area contributed by atoms with Crippen LogP contribution in [0.1, 0.15) is 25.2 Å². The predicted octanol–water partition coefficient (Wildman–Crippen LogP) is 2.32. The molecule has 0 aliphatic carbocycles. The van der Waals surface area contributed by atoms with E-state index in [0.29, 0.717) is 12.0 Å². The molecule has 1 aromatic carbocycles. The van der Waals surface area contributed by atoms with Gasteiger partial charge in [-0.3, -0.25) is 4.79 Å². The van der Waals surface area contributed by atoms with E-state index in [9.17, 15) is 22.4 Å². The topological polar surface area (TPSA) is 72.2 Å². The zero-order valence-electron chi connectivity index (χ0n) is 12.7. The van der Waals surface area contributed by atoms with E-state index in [4.69, 9.17) is 0 Å². The zero-order chi connectivity index (χ0) is 18.0. The Morgan fingerprint density at radius 1 is 1.25 bits per heavy atom. The molecule has 0 bridgehead atoms. The maximum atomic E-state index is 13.1. The third-order valence-electron chi connectivity index (χ3n) is 3.24. The fourth-order valence-electron chi connectivity index (χ4n) is 2.02. The molecular weight excluding hydrogens is 330 g/mol. The fraction of sp³-hybridized carbons (Fsp3) is 0.286. The van der Waals surface area contributed by atoms with Crippen LogP contribution in [-0.4, -0.2) is 26.9 Å². The van der Waals surface area contributed by atoms with Gasteiger partial charge in [-0.2, -0.15) is 18.3 Å². The van der Waals surface area contributed by atoms with E-state index in [1.807, 2.05) is 0 Å². The second-order valence-electron chi connectivity index (χ2n) is 5.28. The molecule has 1 aromatic heterocycles. The van der Waals surface area contributed by atoms with Crippen LogP contribution in [0, 0.1) is 5.82 Å². The third kappa shape index (κ3) is 3.58. The largest absolute Gasteiger partial charge is 0.453 e. The molecule has 0 radical (unpaired) electrons. The minimum Gasteiger partial charge on any atom is -0.277 e. The van der Waals surface area contributed by atoms with Crippen molar-refractivity contribution < 1.29 is 22.4 Å². The van der Waals surface area contributed by atoms with E-state index >= 15 is 0 Å². The van der Waals surface area contributed by atoms with Gasteiger partial charge in [0.2, 0.25) is 6.41 Å². The van der Waals surface area contributed by atoms with Gasteiger partial charge in [0.15, 0.2) is 0 Å². The van der Waals surface area contributed by atoms with E-state index in [0.717, 1.165) is 11.0 Å². The molecule has 1 N–H and O–H groups in total. The van der Waals surface area contributed by atoms with Crippen molar-refractivity contribution in [3.63, 3.8) is 0 Å². The average Bonchev–Trinajstić information content (AvgIpc) is 3.00. The van der Waals surface area contributed by atoms with E-state index in [-0.39, 0.29) is 5.71 Å². The number of benzene rings is 1. The van der Waals surface area contributed by atoms with Crippen molar-refractivity contribution in [2.75, 3.05) is 0 Å². The average molecular weight is 343 g/mol. The molecule has 0 spiro atoms. The first-order chi connectivity index (χ1) is 11.2. The first-order valence-electron chi connectivity index (χ1n) is 6.69. The predicted molar refractivity (Wildman–Crippen MR) is 76.5 cm³/mol. The molecule has 0 unspecified atom stereocenters. The van der Waals surface area contributed by atoms with Crippen LogP contribution in [0.4, 0.5) is 17.6 Å². The highest BCUT2D eigenvalue weighted by molar-refractivity contribution is 6.05. The third-order valence-corrected chi connectivity index (χ3v) is 3.24. The first kappa shape index (κ1) is 17.6. The molecule has 0 fully saturated rings. The Balaban J connectivity index is 2.49. The number of hydrogen-bond donors (Lipinski definition) is 1. The number of hydrazone groups is 1. The molecule has 24 heavy (non-hydrogen) atoms. The normalized spacial score (nSPS) is 13.0. The van der Waals surface area contributed by atoms with Crippen molar-refractivity contribution in [1.29, 1.82) is 0 Å². The summed E-state index contributed by atoms with van der Waals surface area (Å²) in [6.45, 7) is 3.08. The van der Waals surface area contributed by atoms with Gasteiger partial charge in [0, 0.05) is 5.56 Å². The molecular formula is C14H13F4N5O. The van der Waals surface area contributed by atoms with Crippen LogP contribution < -0.4 is 5.43 Å². The van der Waals surface area contributed by atoms with Crippen LogP contribution in [0.25, 0.3) is 0 Å². The van der Waals surface area contributed by atoms with Crippen LogP contribution in [0.15, 0.2) is 35.7 Å². The van der Waals surface area contributed by atoms with Crippen molar-refractivity contribution in [3.8, 4) is 0 Å². The molecule has 0 atom stereocenters. The molecule has 2 aromatic rings. The molecule has 128 valence electrons. The van der Waals surface area contributed by atoms with Gasteiger partial charge in [0.25, 0.3) is 5.82 Å². The quantitative estimate of drug-likeness (QED) is 0.392. The van der Waals surface area contributed by atoms with E-state index in [1.165, 1.54) is 38.1 Å². The standard InChI is InChI=1S/C14H13F4N5O/c1-13(2,23-7-19-12(22-23)14(16,17)18)11(21-20-8-24)9-3-5-10(15)6-4-9/h3-8H,1-2H3,(H,20,24). The van der Waals surface area contributed by atoms with Gasteiger partial charge < -0.3 is 0 Å². The molecule has 1 amide bonds. The highest BCUT2D eigenvalue weighted by Crippen LogP contribution is 2.28.